The molecular weight excluding hydrogens is 192 g/mol. The van der Waals surface area contributed by atoms with E-state index in [0.717, 1.165) is 0 Å². The molecule has 0 saturated carbocycles. The summed E-state index contributed by atoms with van der Waals surface area (Å²) in [5.41, 5.74) is 0.546. The van der Waals surface area contributed by atoms with Gasteiger partial charge in [-0.15, -0.1) is 0 Å². The molecule has 15 heavy (non-hydrogen) atoms. The topological polar surface area (TPSA) is 57.5 Å². The number of phenols is 1. The van der Waals surface area contributed by atoms with Crippen molar-refractivity contribution in [1.29, 1.82) is 0 Å². The zero-order chi connectivity index (χ0) is 12.4. The van der Waals surface area contributed by atoms with Gasteiger partial charge in [-0.2, -0.15) is 0 Å². The molecule has 0 aromatic heterocycles. The van der Waals surface area contributed by atoms with Crippen LogP contribution in [-0.2, 0) is 0 Å². The molecule has 0 aliphatic rings. The highest BCUT2D eigenvalue weighted by molar-refractivity contribution is 5.90. The number of benzene rings is 1. The summed E-state index contributed by atoms with van der Waals surface area (Å²) in [6, 6.07) is 4.42. The summed E-state index contributed by atoms with van der Waals surface area (Å²) < 4.78 is 0. The summed E-state index contributed by atoms with van der Waals surface area (Å²) in [5, 5.41) is 17.7. The lowest BCUT2D eigenvalue weighted by Gasteiger charge is -2.00. The molecule has 2 N–H and O–H groups in total. The van der Waals surface area contributed by atoms with Crippen molar-refractivity contribution in [3.05, 3.63) is 29.3 Å². The van der Waals surface area contributed by atoms with Gasteiger partial charge in [-0.25, -0.2) is 4.79 Å². The van der Waals surface area contributed by atoms with Crippen LogP contribution in [0.3, 0.4) is 0 Å². The van der Waals surface area contributed by atoms with Gasteiger partial charge >= 0.3 is 5.97 Å². The Hall–Kier alpha value is -1.51. The Morgan fingerprint density at radius 1 is 1.13 bits per heavy atom. The molecule has 1 rings (SSSR count). The smallest absolute Gasteiger partial charge is 0.336 e. The molecule has 0 saturated heterocycles. The molecule has 86 valence electrons. The van der Waals surface area contributed by atoms with Crippen molar-refractivity contribution in [1.82, 2.24) is 0 Å². The maximum Gasteiger partial charge on any atom is 0.336 e. The van der Waals surface area contributed by atoms with E-state index in [-0.39, 0.29) is 11.3 Å². The number of rotatable bonds is 1. The Morgan fingerprint density at radius 2 is 1.60 bits per heavy atom. The van der Waals surface area contributed by atoms with Crippen LogP contribution in [0, 0.1) is 6.92 Å². The molecule has 0 spiro atoms. The molecule has 3 nitrogen and oxygen atoms in total. The van der Waals surface area contributed by atoms with Gasteiger partial charge in [0.15, 0.2) is 0 Å². The highest BCUT2D eigenvalue weighted by atomic mass is 16.4. The molecule has 0 aliphatic carbocycles. The maximum absolute atomic E-state index is 10.5. The molecule has 0 aliphatic heterocycles. The van der Waals surface area contributed by atoms with Gasteiger partial charge < -0.3 is 10.2 Å². The summed E-state index contributed by atoms with van der Waals surface area (Å²) in [4.78, 5) is 10.5. The Morgan fingerprint density at radius 3 is 1.93 bits per heavy atom. The zero-order valence-corrected chi connectivity index (χ0v) is 10.0. The Labute approximate surface area is 91.4 Å². The number of aromatic carboxylic acids is 1. The minimum absolute atomic E-state index is 0.0184. The Kier molecular flexibility index (Phi) is 9.63. The average molecular weight is 212 g/mol. The van der Waals surface area contributed by atoms with Crippen LogP contribution in [0.2, 0.25) is 0 Å². The van der Waals surface area contributed by atoms with Crippen molar-refractivity contribution >= 4 is 5.97 Å². The minimum Gasteiger partial charge on any atom is -0.508 e. The lowest BCUT2D eigenvalue weighted by molar-refractivity contribution is 0.0695. The van der Waals surface area contributed by atoms with E-state index in [1.807, 2.05) is 27.7 Å². The van der Waals surface area contributed by atoms with E-state index in [1.54, 1.807) is 6.92 Å². The van der Waals surface area contributed by atoms with E-state index in [9.17, 15) is 4.79 Å². The van der Waals surface area contributed by atoms with E-state index in [0.29, 0.717) is 5.56 Å². The number of aromatic hydroxyl groups is 1. The third-order valence-corrected chi connectivity index (χ3v) is 1.54. The molecule has 0 unspecified atom stereocenters. The fraction of sp³-hybridized carbons (Fsp3) is 0.417. The second-order valence-electron chi connectivity index (χ2n) is 2.25. The maximum atomic E-state index is 10.5. The molecular formula is C12H20O3. The van der Waals surface area contributed by atoms with E-state index in [4.69, 9.17) is 10.2 Å². The van der Waals surface area contributed by atoms with Gasteiger partial charge in [-0.1, -0.05) is 33.8 Å². The second kappa shape index (κ2) is 9.06. The number of phenolic OH excluding ortho intramolecular Hbond substituents is 1. The first-order valence-electron chi connectivity index (χ1n) is 5.15. The fourth-order valence-corrected chi connectivity index (χ4v) is 0.855. The van der Waals surface area contributed by atoms with Crippen LogP contribution in [0.5, 0.6) is 5.75 Å². The molecule has 0 radical (unpaired) electrons. The second-order valence-corrected chi connectivity index (χ2v) is 2.25. The predicted molar refractivity (Wildman–Crippen MR) is 62.5 cm³/mol. The van der Waals surface area contributed by atoms with Crippen molar-refractivity contribution in [3.8, 4) is 5.75 Å². The van der Waals surface area contributed by atoms with E-state index < -0.39 is 5.97 Å². The lowest BCUT2D eigenvalue weighted by Crippen LogP contribution is -1.98. The minimum atomic E-state index is -1.02. The van der Waals surface area contributed by atoms with Gasteiger partial charge in [0, 0.05) is 5.56 Å². The summed E-state index contributed by atoms with van der Waals surface area (Å²) >= 11 is 0. The number of carboxylic acids is 1. The number of hydrogen-bond acceptors (Lipinski definition) is 2. The summed E-state index contributed by atoms with van der Waals surface area (Å²) in [5.74, 6) is -0.997. The molecule has 0 amide bonds. The molecule has 0 bridgehead atoms. The third kappa shape index (κ3) is 5.05. The van der Waals surface area contributed by atoms with Crippen LogP contribution in [-0.4, -0.2) is 16.2 Å². The number of carbonyl (C=O) groups is 1. The number of carboxylic acid groups (broad SMARTS) is 1. The van der Waals surface area contributed by atoms with Crippen molar-refractivity contribution in [3.63, 3.8) is 0 Å². The Balaban J connectivity index is 0. The summed E-state index contributed by atoms with van der Waals surface area (Å²) in [6.07, 6.45) is 0. The van der Waals surface area contributed by atoms with Gasteiger partial charge in [0.2, 0.25) is 0 Å². The monoisotopic (exact) mass is 212 g/mol. The first kappa shape index (κ1) is 15.9. The van der Waals surface area contributed by atoms with E-state index >= 15 is 0 Å². The summed E-state index contributed by atoms with van der Waals surface area (Å²) in [6.45, 7) is 9.57. The highest BCUT2D eigenvalue weighted by Gasteiger charge is 2.08. The normalized spacial score (nSPS) is 7.80. The van der Waals surface area contributed by atoms with Gasteiger partial charge in [0.1, 0.15) is 5.75 Å². The predicted octanol–water partition coefficient (Wildman–Crippen LogP) is 3.45. The van der Waals surface area contributed by atoms with Crippen LogP contribution in [0.15, 0.2) is 18.2 Å². The zero-order valence-electron chi connectivity index (χ0n) is 10.0. The van der Waals surface area contributed by atoms with Gasteiger partial charge in [0.05, 0.1) is 5.56 Å². The van der Waals surface area contributed by atoms with E-state index in [2.05, 4.69) is 0 Å². The van der Waals surface area contributed by atoms with Gasteiger partial charge in [0.25, 0.3) is 0 Å². The standard InChI is InChI=1S/C8H8O3.2C2H6/c1-5-6(8(10)11)3-2-4-7(5)9;2*1-2/h2-4,9H,1H3,(H,10,11);2*1-2H3. The van der Waals surface area contributed by atoms with Crippen molar-refractivity contribution in [2.75, 3.05) is 0 Å². The van der Waals surface area contributed by atoms with Crippen LogP contribution in [0.25, 0.3) is 0 Å². The highest BCUT2D eigenvalue weighted by Crippen LogP contribution is 2.18. The summed E-state index contributed by atoms with van der Waals surface area (Å²) in [7, 11) is 0. The van der Waals surface area contributed by atoms with Crippen LogP contribution in [0.4, 0.5) is 0 Å². The fourth-order valence-electron chi connectivity index (χ4n) is 0.855. The SMILES string of the molecule is CC.CC.Cc1c(O)cccc1C(=O)O. The van der Waals surface area contributed by atoms with Gasteiger partial charge in [-0.3, -0.25) is 0 Å². The first-order chi connectivity index (χ1) is 7.13. The number of hydrogen-bond donors (Lipinski definition) is 2. The average Bonchev–Trinajstić information content (AvgIpc) is 2.27. The van der Waals surface area contributed by atoms with Gasteiger partial charge in [-0.05, 0) is 19.1 Å². The lowest BCUT2D eigenvalue weighted by atomic mass is 10.1. The molecule has 0 heterocycles. The first-order valence-corrected chi connectivity index (χ1v) is 5.15. The van der Waals surface area contributed by atoms with Crippen molar-refractivity contribution < 1.29 is 15.0 Å². The van der Waals surface area contributed by atoms with Crippen molar-refractivity contribution in [2.24, 2.45) is 0 Å². The van der Waals surface area contributed by atoms with Crippen LogP contribution in [0.1, 0.15) is 43.6 Å². The molecule has 3 heteroatoms. The molecule has 1 aromatic carbocycles. The largest absolute Gasteiger partial charge is 0.508 e. The quantitative estimate of drug-likeness (QED) is 0.749. The van der Waals surface area contributed by atoms with Crippen LogP contribution >= 0.6 is 0 Å². The van der Waals surface area contributed by atoms with Crippen molar-refractivity contribution in [2.45, 2.75) is 34.6 Å². The Bertz CT molecular complexity index is 293. The molecule has 0 atom stereocenters. The molecule has 1 aromatic rings. The van der Waals surface area contributed by atoms with Crippen LogP contribution < -0.4 is 0 Å². The third-order valence-electron chi connectivity index (χ3n) is 1.54. The molecule has 0 fully saturated rings. The van der Waals surface area contributed by atoms with E-state index in [1.165, 1.54) is 18.2 Å².